The Hall–Kier alpha value is -1.62. The Kier molecular flexibility index (Phi) is 3.41. The number of pyridine rings is 1. The van der Waals surface area contributed by atoms with Gasteiger partial charge in [0.1, 0.15) is 0 Å². The zero-order valence-electron chi connectivity index (χ0n) is 9.99. The number of thioether (sulfide) groups is 1. The molecule has 1 aliphatic heterocycles. The maximum atomic E-state index is 4.32. The zero-order valence-corrected chi connectivity index (χ0v) is 10.8. The minimum Gasteiger partial charge on any atom is -0.353 e. The molecule has 0 amide bonds. The van der Waals surface area contributed by atoms with Crippen LogP contribution in [0.15, 0.2) is 36.7 Å². The molecule has 2 aromatic rings. The van der Waals surface area contributed by atoms with Crippen LogP contribution in [0.3, 0.4) is 0 Å². The van der Waals surface area contributed by atoms with Gasteiger partial charge in [-0.25, -0.2) is 0 Å². The molecule has 3 heterocycles. The van der Waals surface area contributed by atoms with E-state index in [9.17, 15) is 0 Å². The molecule has 92 valence electrons. The van der Waals surface area contributed by atoms with Crippen LogP contribution in [0.25, 0.3) is 11.3 Å². The average Bonchev–Trinajstić information content (AvgIpc) is 2.49. The van der Waals surface area contributed by atoms with E-state index in [0.29, 0.717) is 0 Å². The van der Waals surface area contributed by atoms with Crippen LogP contribution >= 0.6 is 11.8 Å². The van der Waals surface area contributed by atoms with Crippen molar-refractivity contribution in [1.82, 2.24) is 15.2 Å². The summed E-state index contributed by atoms with van der Waals surface area (Å²) in [6.07, 6.45) is 3.57. The number of aromatic nitrogens is 3. The molecule has 0 radical (unpaired) electrons. The maximum absolute atomic E-state index is 4.32. The highest BCUT2D eigenvalue weighted by Crippen LogP contribution is 2.19. The first-order valence-corrected chi connectivity index (χ1v) is 7.16. The predicted octanol–water partition coefficient (Wildman–Crippen LogP) is 2.09. The third-order valence-corrected chi connectivity index (χ3v) is 3.89. The molecule has 4 nitrogen and oxygen atoms in total. The number of rotatable bonds is 2. The summed E-state index contributed by atoms with van der Waals surface area (Å²) >= 11 is 2.00. The van der Waals surface area contributed by atoms with E-state index in [1.807, 2.05) is 36.0 Å². The molecule has 0 N–H and O–H groups in total. The fourth-order valence-electron chi connectivity index (χ4n) is 1.95. The van der Waals surface area contributed by atoms with Crippen molar-refractivity contribution in [2.45, 2.75) is 0 Å². The monoisotopic (exact) mass is 258 g/mol. The Morgan fingerprint density at radius 1 is 1.06 bits per heavy atom. The first kappa shape index (κ1) is 11.5. The van der Waals surface area contributed by atoms with Gasteiger partial charge in [0.2, 0.25) is 0 Å². The molecule has 5 heteroatoms. The molecule has 2 aromatic heterocycles. The van der Waals surface area contributed by atoms with Gasteiger partial charge < -0.3 is 4.90 Å². The molecule has 1 saturated heterocycles. The smallest absolute Gasteiger partial charge is 0.151 e. The highest BCUT2D eigenvalue weighted by Gasteiger charge is 2.12. The topological polar surface area (TPSA) is 41.9 Å². The van der Waals surface area contributed by atoms with Gasteiger partial charge in [-0.3, -0.25) is 4.98 Å². The second kappa shape index (κ2) is 5.35. The van der Waals surface area contributed by atoms with Gasteiger partial charge >= 0.3 is 0 Å². The van der Waals surface area contributed by atoms with E-state index < -0.39 is 0 Å². The molecular weight excluding hydrogens is 244 g/mol. The summed E-state index contributed by atoms with van der Waals surface area (Å²) in [4.78, 5) is 6.38. The summed E-state index contributed by atoms with van der Waals surface area (Å²) in [6.45, 7) is 2.12. The first-order valence-electron chi connectivity index (χ1n) is 6.00. The van der Waals surface area contributed by atoms with E-state index >= 15 is 0 Å². The van der Waals surface area contributed by atoms with Crippen molar-refractivity contribution < 1.29 is 0 Å². The minimum absolute atomic E-state index is 0.873. The van der Waals surface area contributed by atoms with Crippen LogP contribution in [0.5, 0.6) is 0 Å². The van der Waals surface area contributed by atoms with E-state index in [0.717, 1.165) is 30.2 Å². The second-order valence-corrected chi connectivity index (χ2v) is 5.34. The molecular formula is C13H14N4S. The summed E-state index contributed by atoms with van der Waals surface area (Å²) in [5.41, 5.74) is 1.88. The predicted molar refractivity (Wildman–Crippen MR) is 74.8 cm³/mol. The van der Waals surface area contributed by atoms with E-state index in [-0.39, 0.29) is 0 Å². The molecule has 3 rings (SSSR count). The molecule has 0 atom stereocenters. The number of anilines is 1. The Morgan fingerprint density at radius 2 is 1.94 bits per heavy atom. The Bertz CT molecular complexity index is 494. The van der Waals surface area contributed by atoms with Crippen molar-refractivity contribution in [3.05, 3.63) is 36.7 Å². The van der Waals surface area contributed by atoms with Crippen molar-refractivity contribution in [3.8, 4) is 11.3 Å². The lowest BCUT2D eigenvalue weighted by Gasteiger charge is -2.26. The Balaban J connectivity index is 1.80. The van der Waals surface area contributed by atoms with E-state index in [1.54, 1.807) is 12.4 Å². The fourth-order valence-corrected chi connectivity index (χ4v) is 2.86. The third kappa shape index (κ3) is 2.46. The lowest BCUT2D eigenvalue weighted by atomic mass is 10.2. The number of nitrogens with zero attached hydrogens (tertiary/aromatic N) is 4. The normalized spacial score (nSPS) is 15.7. The summed E-state index contributed by atoms with van der Waals surface area (Å²) in [5, 5.41) is 8.60. The van der Waals surface area contributed by atoms with Crippen LogP contribution in [0, 0.1) is 0 Å². The van der Waals surface area contributed by atoms with E-state index in [1.165, 1.54) is 11.5 Å². The van der Waals surface area contributed by atoms with Gasteiger partial charge in [0.25, 0.3) is 0 Å². The standard InChI is InChI=1S/C13H14N4S/c1-2-11(10-14-5-1)12-3-4-13(16-15-12)17-6-8-18-9-7-17/h1-5,10H,6-9H2. The molecule has 18 heavy (non-hydrogen) atoms. The summed E-state index contributed by atoms with van der Waals surface area (Å²) in [7, 11) is 0. The van der Waals surface area contributed by atoms with Gasteiger partial charge in [-0.05, 0) is 24.3 Å². The molecule has 0 aromatic carbocycles. The van der Waals surface area contributed by atoms with Gasteiger partial charge in [-0.2, -0.15) is 11.8 Å². The molecule has 0 bridgehead atoms. The SMILES string of the molecule is c1cncc(-c2ccc(N3CCSCC3)nn2)c1. The summed E-state index contributed by atoms with van der Waals surface area (Å²) < 4.78 is 0. The Morgan fingerprint density at radius 3 is 2.61 bits per heavy atom. The van der Waals surface area contributed by atoms with Gasteiger partial charge in [0.05, 0.1) is 5.69 Å². The van der Waals surface area contributed by atoms with Gasteiger partial charge in [-0.15, -0.1) is 10.2 Å². The fraction of sp³-hybridized carbons (Fsp3) is 0.308. The molecule has 1 aliphatic rings. The molecule has 1 fully saturated rings. The molecule has 0 unspecified atom stereocenters. The van der Waals surface area contributed by atoms with E-state index in [2.05, 4.69) is 20.1 Å². The molecule has 0 saturated carbocycles. The minimum atomic E-state index is 0.873. The largest absolute Gasteiger partial charge is 0.353 e. The van der Waals surface area contributed by atoms with Gasteiger partial charge in [-0.1, -0.05) is 0 Å². The molecule has 0 spiro atoms. The van der Waals surface area contributed by atoms with Crippen LogP contribution in [0.2, 0.25) is 0 Å². The van der Waals surface area contributed by atoms with Crippen LogP contribution in [0.1, 0.15) is 0 Å². The number of hydrogen-bond donors (Lipinski definition) is 0. The van der Waals surface area contributed by atoms with Crippen LogP contribution in [-0.4, -0.2) is 39.8 Å². The zero-order chi connectivity index (χ0) is 12.2. The highest BCUT2D eigenvalue weighted by atomic mass is 32.2. The van der Waals surface area contributed by atoms with E-state index in [4.69, 9.17) is 0 Å². The van der Waals surface area contributed by atoms with Crippen molar-refractivity contribution in [3.63, 3.8) is 0 Å². The van der Waals surface area contributed by atoms with Crippen LogP contribution < -0.4 is 4.90 Å². The Labute approximate surface area is 110 Å². The quantitative estimate of drug-likeness (QED) is 0.825. The summed E-state index contributed by atoms with van der Waals surface area (Å²) in [5.74, 6) is 3.32. The van der Waals surface area contributed by atoms with Gasteiger partial charge in [0, 0.05) is 42.6 Å². The third-order valence-electron chi connectivity index (χ3n) is 2.94. The average molecular weight is 258 g/mol. The highest BCUT2D eigenvalue weighted by molar-refractivity contribution is 7.99. The van der Waals surface area contributed by atoms with Gasteiger partial charge in [0.15, 0.2) is 5.82 Å². The summed E-state index contributed by atoms with van der Waals surface area (Å²) in [6, 6.07) is 7.97. The van der Waals surface area contributed by atoms with Crippen molar-refractivity contribution in [2.24, 2.45) is 0 Å². The second-order valence-electron chi connectivity index (χ2n) is 4.12. The first-order chi connectivity index (χ1) is 8.93. The van der Waals surface area contributed by atoms with Crippen molar-refractivity contribution in [2.75, 3.05) is 29.5 Å². The van der Waals surface area contributed by atoms with Crippen molar-refractivity contribution >= 4 is 17.6 Å². The number of hydrogen-bond acceptors (Lipinski definition) is 5. The van der Waals surface area contributed by atoms with Crippen LogP contribution in [0.4, 0.5) is 5.82 Å². The lowest BCUT2D eigenvalue weighted by molar-refractivity contribution is 0.820. The maximum Gasteiger partial charge on any atom is 0.151 e. The lowest BCUT2D eigenvalue weighted by Crippen LogP contribution is -2.33. The van der Waals surface area contributed by atoms with Crippen LogP contribution in [-0.2, 0) is 0 Å². The molecule has 0 aliphatic carbocycles. The van der Waals surface area contributed by atoms with Crippen molar-refractivity contribution in [1.29, 1.82) is 0 Å².